The molecule has 0 amide bonds. The molecule has 0 saturated heterocycles. The molecule has 9 heavy (non-hydrogen) atoms. The summed E-state index contributed by atoms with van der Waals surface area (Å²) in [4.78, 5) is 0. The number of hydrogen-bond donors (Lipinski definition) is 2. The first-order valence-electron chi connectivity index (χ1n) is 2.33. The van der Waals surface area contributed by atoms with Gasteiger partial charge in [-0.3, -0.25) is 4.31 Å². The molecule has 0 aliphatic carbocycles. The molecule has 0 spiro atoms. The molecule has 0 radical (unpaired) electrons. The summed E-state index contributed by atoms with van der Waals surface area (Å²) in [5.41, 5.74) is 5.22. The van der Waals surface area contributed by atoms with Crippen LogP contribution in [0.2, 0.25) is 0 Å². The topological polar surface area (TPSA) is 29.3 Å². The van der Waals surface area contributed by atoms with E-state index in [1.807, 2.05) is 13.8 Å². The summed E-state index contributed by atoms with van der Waals surface area (Å²) in [5, 5.41) is 0.323. The molecule has 0 aromatic heterocycles. The van der Waals surface area contributed by atoms with Gasteiger partial charge in [0, 0.05) is 6.04 Å². The Bertz CT molecular complexity index is 96.6. The zero-order chi connectivity index (χ0) is 6.73. The molecular formula is C4H11ClN2S2. The zero-order valence-electron chi connectivity index (χ0n) is 5.37. The van der Waals surface area contributed by atoms with E-state index in [0.717, 1.165) is 0 Å². The van der Waals surface area contributed by atoms with Crippen LogP contribution in [0.1, 0.15) is 13.8 Å². The Morgan fingerprint density at radius 1 is 1.67 bits per heavy atom. The second-order valence-electron chi connectivity index (χ2n) is 1.78. The summed E-state index contributed by atoms with van der Waals surface area (Å²) in [6.07, 6.45) is 0. The van der Waals surface area contributed by atoms with Crippen molar-refractivity contribution in [3.05, 3.63) is 0 Å². The van der Waals surface area contributed by atoms with Crippen molar-refractivity contribution in [2.45, 2.75) is 19.9 Å². The molecule has 0 aliphatic heterocycles. The Balaban J connectivity index is 0. The molecule has 5 heteroatoms. The molecule has 0 atom stereocenters. The van der Waals surface area contributed by atoms with E-state index in [2.05, 4.69) is 25.0 Å². The third-order valence-corrected chi connectivity index (χ3v) is 1.72. The lowest BCUT2D eigenvalue weighted by atomic mass is 10.4. The van der Waals surface area contributed by atoms with Crippen LogP contribution in [0.4, 0.5) is 0 Å². The predicted octanol–water partition coefficient (Wildman–Crippen LogP) is 1.21. The van der Waals surface area contributed by atoms with Gasteiger partial charge in [0.15, 0.2) is 5.11 Å². The molecule has 0 saturated carbocycles. The number of nitrogens with zero attached hydrogens (tertiary/aromatic N) is 1. The maximum atomic E-state index is 5.22. The fraction of sp³-hybridized carbons (Fsp3) is 0.750. The number of rotatable bonds is 1. The van der Waals surface area contributed by atoms with Gasteiger partial charge in [-0.2, -0.15) is 0 Å². The van der Waals surface area contributed by atoms with Crippen LogP contribution in [-0.2, 0) is 0 Å². The van der Waals surface area contributed by atoms with Crippen LogP contribution in [0.3, 0.4) is 0 Å². The monoisotopic (exact) mass is 186 g/mol. The molecule has 0 unspecified atom stereocenters. The summed E-state index contributed by atoms with van der Waals surface area (Å²) >= 11 is 8.61. The van der Waals surface area contributed by atoms with Crippen LogP contribution in [0.5, 0.6) is 0 Å². The van der Waals surface area contributed by atoms with Crippen LogP contribution < -0.4 is 5.73 Å². The first-order valence-corrected chi connectivity index (χ1v) is 3.14. The molecule has 2 N–H and O–H groups in total. The van der Waals surface area contributed by atoms with E-state index in [9.17, 15) is 0 Å². The van der Waals surface area contributed by atoms with Gasteiger partial charge in [-0.05, 0) is 26.1 Å². The van der Waals surface area contributed by atoms with Crippen LogP contribution >= 0.6 is 37.4 Å². The normalized spacial score (nSPS) is 8.44. The van der Waals surface area contributed by atoms with Gasteiger partial charge in [0.2, 0.25) is 0 Å². The summed E-state index contributed by atoms with van der Waals surface area (Å²) < 4.78 is 1.54. The Morgan fingerprint density at radius 3 is 2.00 bits per heavy atom. The molecule has 0 rings (SSSR count). The highest BCUT2D eigenvalue weighted by molar-refractivity contribution is 7.84. The highest BCUT2D eigenvalue weighted by Crippen LogP contribution is 1.99. The Morgan fingerprint density at radius 2 is 2.00 bits per heavy atom. The van der Waals surface area contributed by atoms with Crippen LogP contribution in [0.15, 0.2) is 0 Å². The van der Waals surface area contributed by atoms with Crippen molar-refractivity contribution in [1.29, 1.82) is 0 Å². The highest BCUT2D eigenvalue weighted by Gasteiger charge is 2.02. The van der Waals surface area contributed by atoms with Gasteiger partial charge in [0.05, 0.1) is 0 Å². The fourth-order valence-electron chi connectivity index (χ4n) is 0.254. The molecule has 0 fully saturated rings. The zero-order valence-corrected chi connectivity index (χ0v) is 7.89. The van der Waals surface area contributed by atoms with Gasteiger partial charge in [0.25, 0.3) is 0 Å². The van der Waals surface area contributed by atoms with Gasteiger partial charge in [-0.15, -0.1) is 12.4 Å². The van der Waals surface area contributed by atoms with Gasteiger partial charge in [-0.25, -0.2) is 0 Å². The first kappa shape index (κ1) is 12.0. The number of nitrogens with two attached hydrogens (primary N) is 1. The lowest BCUT2D eigenvalue weighted by Crippen LogP contribution is -2.32. The average molecular weight is 187 g/mol. The molecular weight excluding hydrogens is 176 g/mol. The third-order valence-electron chi connectivity index (χ3n) is 0.715. The summed E-state index contributed by atoms with van der Waals surface area (Å²) in [6, 6.07) is 0.274. The minimum absolute atomic E-state index is 0. The minimum Gasteiger partial charge on any atom is -0.375 e. The largest absolute Gasteiger partial charge is 0.375 e. The van der Waals surface area contributed by atoms with E-state index in [-0.39, 0.29) is 18.4 Å². The Labute approximate surface area is 72.7 Å². The van der Waals surface area contributed by atoms with Crippen LogP contribution in [-0.4, -0.2) is 15.5 Å². The standard InChI is InChI=1S/C4H10N2S2.ClH/c1-3(2)6(8)4(5)7;/h3,8H,1-2H3,(H2,5,7);1H. The minimum atomic E-state index is 0. The third kappa shape index (κ3) is 4.81. The van der Waals surface area contributed by atoms with Gasteiger partial charge < -0.3 is 5.73 Å². The molecule has 56 valence electrons. The summed E-state index contributed by atoms with van der Waals surface area (Å²) in [7, 11) is 0. The van der Waals surface area contributed by atoms with Gasteiger partial charge in [0.1, 0.15) is 0 Å². The second-order valence-corrected chi connectivity index (χ2v) is 2.63. The molecule has 0 heterocycles. The van der Waals surface area contributed by atoms with Crippen molar-refractivity contribution in [3.8, 4) is 0 Å². The van der Waals surface area contributed by atoms with Crippen molar-refractivity contribution in [3.63, 3.8) is 0 Å². The maximum Gasteiger partial charge on any atom is 0.176 e. The van der Waals surface area contributed by atoms with E-state index < -0.39 is 0 Å². The van der Waals surface area contributed by atoms with Crippen LogP contribution in [0.25, 0.3) is 0 Å². The average Bonchev–Trinajstić information content (AvgIpc) is 1.64. The predicted molar refractivity (Wildman–Crippen MR) is 50.0 cm³/mol. The smallest absolute Gasteiger partial charge is 0.176 e. The maximum absolute atomic E-state index is 5.22. The van der Waals surface area contributed by atoms with E-state index in [1.54, 1.807) is 0 Å². The second kappa shape index (κ2) is 5.14. The Kier molecular flexibility index (Phi) is 6.88. The fourth-order valence-corrected chi connectivity index (χ4v) is 0.465. The quantitative estimate of drug-likeness (QED) is 0.477. The van der Waals surface area contributed by atoms with Crippen molar-refractivity contribution in [1.82, 2.24) is 4.31 Å². The van der Waals surface area contributed by atoms with E-state index in [1.165, 1.54) is 4.31 Å². The highest BCUT2D eigenvalue weighted by atomic mass is 35.5. The molecule has 0 aromatic rings. The van der Waals surface area contributed by atoms with E-state index in [4.69, 9.17) is 5.73 Å². The lowest BCUT2D eigenvalue weighted by Gasteiger charge is -2.18. The number of halogens is 1. The molecule has 0 aliphatic rings. The molecule has 2 nitrogen and oxygen atoms in total. The molecule has 0 aromatic carbocycles. The van der Waals surface area contributed by atoms with Crippen molar-refractivity contribution < 1.29 is 0 Å². The summed E-state index contributed by atoms with van der Waals surface area (Å²) in [5.74, 6) is 0. The SMILES string of the molecule is CC(C)N(S)C(N)=S.Cl. The number of thiocarbonyl (C=S) groups is 1. The van der Waals surface area contributed by atoms with Gasteiger partial charge >= 0.3 is 0 Å². The van der Waals surface area contributed by atoms with Gasteiger partial charge in [-0.1, -0.05) is 12.8 Å². The Hall–Kier alpha value is 0.330. The van der Waals surface area contributed by atoms with Crippen molar-refractivity contribution in [2.75, 3.05) is 0 Å². The number of hydrogen-bond acceptors (Lipinski definition) is 2. The summed E-state index contributed by atoms with van der Waals surface area (Å²) in [6.45, 7) is 3.93. The first-order chi connectivity index (χ1) is 3.55. The van der Waals surface area contributed by atoms with E-state index >= 15 is 0 Å². The van der Waals surface area contributed by atoms with Crippen LogP contribution in [0, 0.1) is 0 Å². The number of thiol groups is 1. The van der Waals surface area contributed by atoms with E-state index in [0.29, 0.717) is 5.11 Å². The molecule has 0 bridgehead atoms. The van der Waals surface area contributed by atoms with Crippen molar-refractivity contribution >= 4 is 42.6 Å². The lowest BCUT2D eigenvalue weighted by molar-refractivity contribution is 0.560. The van der Waals surface area contributed by atoms with Crippen molar-refractivity contribution in [2.24, 2.45) is 5.73 Å².